The Kier molecular flexibility index (Phi) is 11.5. The molecule has 4 N–H and O–H groups in total. The van der Waals surface area contributed by atoms with Gasteiger partial charge < -0.3 is 20.8 Å². The number of carboxylic acid groups (broad SMARTS) is 2. The van der Waals surface area contributed by atoms with Gasteiger partial charge >= 0.3 is 11.9 Å². The molecule has 0 aliphatic carbocycles. The molecule has 0 fully saturated rings. The molecule has 0 spiro atoms. The molecule has 0 saturated heterocycles. The molecule has 11 nitrogen and oxygen atoms in total. The van der Waals surface area contributed by atoms with Crippen molar-refractivity contribution in [3.8, 4) is 0 Å². The Morgan fingerprint density at radius 3 is 1.00 bits per heavy atom. The van der Waals surface area contributed by atoms with E-state index < -0.39 is 40.7 Å². The van der Waals surface area contributed by atoms with Crippen LogP contribution in [0.5, 0.6) is 0 Å². The third-order valence-electron chi connectivity index (χ3n) is 8.92. The van der Waals surface area contributed by atoms with Crippen molar-refractivity contribution >= 4 is 41.1 Å². The second-order valence-corrected chi connectivity index (χ2v) is 12.6. The summed E-state index contributed by atoms with van der Waals surface area (Å²) >= 11 is 0. The summed E-state index contributed by atoms with van der Waals surface area (Å²) in [5.74, 6) is -5.41. The molecule has 0 aromatic heterocycles. The molecular weight excluding hydrogens is 713 g/mol. The van der Waals surface area contributed by atoms with Crippen LogP contribution in [-0.2, 0) is 13.1 Å². The maximum Gasteiger partial charge on any atom is 0.336 e. The van der Waals surface area contributed by atoms with E-state index in [4.69, 9.17) is 0 Å². The first-order valence-electron chi connectivity index (χ1n) is 17.2. The van der Waals surface area contributed by atoms with Gasteiger partial charge in [-0.25, -0.2) is 9.59 Å². The smallest absolute Gasteiger partial charge is 0.336 e. The van der Waals surface area contributed by atoms with Gasteiger partial charge in [0.15, 0.2) is 17.3 Å². The standard InChI is InChI=1S/C45H32N2O9/c48-39(29-7-3-1-4-8-29)31-15-11-27(12-16-31)25-46-42(51)35-21-19-33(23-37(35)44(53)54)41(50)34-20-22-36(38(24-34)45(55)56)43(52)47-26-28-13-17-32(18-14-28)40(49)30-9-5-2-6-10-30/h1-24H,25-26H2,(H,46,51)(H,47,52)(H,53,54)(H,55,56). The summed E-state index contributed by atoms with van der Waals surface area (Å²) < 4.78 is 0. The summed E-state index contributed by atoms with van der Waals surface area (Å²) in [6, 6.07) is 37.7. The molecule has 0 saturated carbocycles. The zero-order valence-corrected chi connectivity index (χ0v) is 29.5. The quantitative estimate of drug-likeness (QED) is 0.0889. The van der Waals surface area contributed by atoms with E-state index in [2.05, 4.69) is 10.6 Å². The maximum absolute atomic E-state index is 13.5. The maximum atomic E-state index is 13.5. The first-order valence-corrected chi connectivity index (χ1v) is 17.2. The molecule has 0 aliphatic heterocycles. The molecule has 0 atom stereocenters. The molecule has 0 bridgehead atoms. The van der Waals surface area contributed by atoms with E-state index in [0.717, 1.165) is 12.1 Å². The minimum Gasteiger partial charge on any atom is -0.478 e. The summed E-state index contributed by atoms with van der Waals surface area (Å²) in [6.07, 6.45) is 0. The number of carbonyl (C=O) groups excluding carboxylic acids is 5. The number of carboxylic acids is 2. The lowest BCUT2D eigenvalue weighted by Crippen LogP contribution is -2.25. The van der Waals surface area contributed by atoms with Crippen LogP contribution in [0.15, 0.2) is 146 Å². The average Bonchev–Trinajstić information content (AvgIpc) is 3.24. The summed E-state index contributed by atoms with van der Waals surface area (Å²) in [7, 11) is 0. The van der Waals surface area contributed by atoms with Gasteiger partial charge in [-0.3, -0.25) is 24.0 Å². The van der Waals surface area contributed by atoms with Gasteiger partial charge in [-0.15, -0.1) is 0 Å². The third-order valence-corrected chi connectivity index (χ3v) is 8.92. The Labute approximate surface area is 320 Å². The average molecular weight is 745 g/mol. The van der Waals surface area contributed by atoms with Crippen molar-refractivity contribution < 1.29 is 43.8 Å². The number of ketones is 3. The van der Waals surface area contributed by atoms with Gasteiger partial charge in [-0.05, 0) is 35.4 Å². The largest absolute Gasteiger partial charge is 0.478 e. The van der Waals surface area contributed by atoms with Crippen LogP contribution in [0.4, 0.5) is 0 Å². The van der Waals surface area contributed by atoms with E-state index in [1.54, 1.807) is 97.1 Å². The number of benzene rings is 6. The fourth-order valence-electron chi connectivity index (χ4n) is 5.90. The van der Waals surface area contributed by atoms with Crippen LogP contribution in [-0.4, -0.2) is 51.3 Å². The van der Waals surface area contributed by atoms with E-state index in [9.17, 15) is 43.8 Å². The summed E-state index contributed by atoms with van der Waals surface area (Å²) in [6.45, 7) is 0.0522. The van der Waals surface area contributed by atoms with E-state index in [1.807, 2.05) is 12.1 Å². The predicted octanol–water partition coefficient (Wildman–Crippen LogP) is 6.64. The predicted molar refractivity (Wildman–Crippen MR) is 205 cm³/mol. The number of hydrogen-bond acceptors (Lipinski definition) is 7. The van der Waals surface area contributed by atoms with Crippen LogP contribution >= 0.6 is 0 Å². The van der Waals surface area contributed by atoms with Gasteiger partial charge in [-0.2, -0.15) is 0 Å². The van der Waals surface area contributed by atoms with Gasteiger partial charge in [0.25, 0.3) is 11.8 Å². The van der Waals surface area contributed by atoms with E-state index in [1.165, 1.54) is 24.3 Å². The van der Waals surface area contributed by atoms with E-state index in [0.29, 0.717) is 33.4 Å². The third kappa shape index (κ3) is 8.70. The highest BCUT2D eigenvalue weighted by molar-refractivity contribution is 6.14. The Bertz CT molecular complexity index is 2320. The van der Waals surface area contributed by atoms with Crippen molar-refractivity contribution in [2.24, 2.45) is 0 Å². The number of hydrogen-bond donors (Lipinski definition) is 4. The highest BCUT2D eigenvalue weighted by Crippen LogP contribution is 2.20. The second kappa shape index (κ2) is 16.9. The van der Waals surface area contributed by atoms with Crippen LogP contribution in [0.3, 0.4) is 0 Å². The minimum absolute atomic E-state index is 0.0261. The summed E-state index contributed by atoms with van der Waals surface area (Å²) in [5.41, 5.74) is 1.74. The molecule has 0 aliphatic rings. The highest BCUT2D eigenvalue weighted by atomic mass is 16.4. The lowest BCUT2D eigenvalue weighted by Gasteiger charge is -2.12. The highest BCUT2D eigenvalue weighted by Gasteiger charge is 2.23. The first-order chi connectivity index (χ1) is 27.0. The van der Waals surface area contributed by atoms with Crippen molar-refractivity contribution in [2.75, 3.05) is 0 Å². The molecule has 0 heterocycles. The van der Waals surface area contributed by atoms with Gasteiger partial charge in [0.1, 0.15) is 0 Å². The van der Waals surface area contributed by atoms with Crippen LogP contribution in [0.1, 0.15) is 100 Å². The lowest BCUT2D eigenvalue weighted by atomic mass is 9.95. The topological polar surface area (TPSA) is 184 Å². The zero-order valence-electron chi connectivity index (χ0n) is 29.5. The van der Waals surface area contributed by atoms with E-state index in [-0.39, 0.29) is 46.9 Å². The Balaban J connectivity index is 1.11. The van der Waals surface area contributed by atoms with Crippen molar-refractivity contribution in [1.82, 2.24) is 10.6 Å². The lowest BCUT2D eigenvalue weighted by molar-refractivity contribution is 0.0682. The molecule has 0 radical (unpaired) electrons. The number of rotatable bonds is 14. The van der Waals surface area contributed by atoms with Crippen LogP contribution < -0.4 is 10.6 Å². The fraction of sp³-hybridized carbons (Fsp3) is 0.0444. The molecule has 0 unspecified atom stereocenters. The van der Waals surface area contributed by atoms with E-state index >= 15 is 0 Å². The Morgan fingerprint density at radius 1 is 0.357 bits per heavy atom. The second-order valence-electron chi connectivity index (χ2n) is 12.6. The fourth-order valence-corrected chi connectivity index (χ4v) is 5.90. The first kappa shape index (κ1) is 38.0. The van der Waals surface area contributed by atoms with Crippen molar-refractivity contribution in [3.63, 3.8) is 0 Å². The normalized spacial score (nSPS) is 10.6. The molecule has 11 heteroatoms. The van der Waals surface area contributed by atoms with Gasteiger partial charge in [0.2, 0.25) is 0 Å². The van der Waals surface area contributed by atoms with Gasteiger partial charge in [0, 0.05) is 46.5 Å². The molecule has 6 aromatic rings. The number of amides is 2. The van der Waals surface area contributed by atoms with Crippen molar-refractivity contribution in [3.05, 3.63) is 212 Å². The van der Waals surface area contributed by atoms with Crippen LogP contribution in [0.2, 0.25) is 0 Å². The van der Waals surface area contributed by atoms with Crippen molar-refractivity contribution in [1.29, 1.82) is 0 Å². The molecule has 276 valence electrons. The molecule has 2 amide bonds. The minimum atomic E-state index is -1.47. The molecule has 6 rings (SSSR count). The molecule has 6 aromatic carbocycles. The summed E-state index contributed by atoms with van der Waals surface area (Å²) in [5, 5.41) is 25.2. The number of aromatic carboxylic acids is 2. The Morgan fingerprint density at radius 2 is 0.661 bits per heavy atom. The SMILES string of the molecule is O=C(c1ccccc1)c1ccc(CNC(=O)c2ccc(C(=O)c3ccc(C(=O)NCc4ccc(C(=O)c5ccccc5)cc4)c(C(=O)O)c3)cc2C(=O)O)cc1. The number of nitrogens with one attached hydrogen (secondary N) is 2. The zero-order chi connectivity index (χ0) is 39.8. The molecular formula is C45H32N2O9. The number of carbonyl (C=O) groups is 7. The van der Waals surface area contributed by atoms with Crippen molar-refractivity contribution in [2.45, 2.75) is 13.1 Å². The van der Waals surface area contributed by atoms with Gasteiger partial charge in [0.05, 0.1) is 22.3 Å². The van der Waals surface area contributed by atoms with Crippen LogP contribution in [0, 0.1) is 0 Å². The summed E-state index contributed by atoms with van der Waals surface area (Å²) in [4.78, 5) is 89.4. The molecule has 56 heavy (non-hydrogen) atoms. The Hall–Kier alpha value is -7.79. The monoisotopic (exact) mass is 744 g/mol. The van der Waals surface area contributed by atoms with Gasteiger partial charge in [-0.1, -0.05) is 121 Å². The van der Waals surface area contributed by atoms with Crippen LogP contribution in [0.25, 0.3) is 0 Å².